The Morgan fingerprint density at radius 1 is 1.05 bits per heavy atom. The van der Waals surface area contributed by atoms with Gasteiger partial charge in [0.1, 0.15) is 5.75 Å². The van der Waals surface area contributed by atoms with Crippen LogP contribution in [0.5, 0.6) is 5.75 Å². The largest absolute Gasteiger partial charge is 0.496 e. The molecule has 2 aromatic carbocycles. The molecule has 0 aromatic heterocycles. The van der Waals surface area contributed by atoms with Crippen molar-refractivity contribution in [2.75, 3.05) is 7.11 Å². The van der Waals surface area contributed by atoms with Crippen LogP contribution in [0.1, 0.15) is 15.9 Å². The Morgan fingerprint density at radius 3 is 2.26 bits per heavy atom. The van der Waals surface area contributed by atoms with Gasteiger partial charge in [-0.2, -0.15) is 0 Å². The van der Waals surface area contributed by atoms with E-state index in [0.717, 1.165) is 0 Å². The van der Waals surface area contributed by atoms with Gasteiger partial charge in [-0.1, -0.05) is 65.1 Å². The Kier molecular flexibility index (Phi) is 4.35. The van der Waals surface area contributed by atoms with Crippen LogP contribution in [0.25, 0.3) is 0 Å². The maximum atomic E-state index is 12.4. The third kappa shape index (κ3) is 2.71. The van der Waals surface area contributed by atoms with E-state index in [9.17, 15) is 4.79 Å². The van der Waals surface area contributed by atoms with Gasteiger partial charge in [-0.15, -0.1) is 0 Å². The Bertz CT molecular complexity index is 624. The van der Waals surface area contributed by atoms with E-state index in [1.54, 1.807) is 24.3 Å². The van der Waals surface area contributed by atoms with E-state index in [1.807, 2.05) is 6.07 Å². The number of hydrogen-bond donors (Lipinski definition) is 0. The second kappa shape index (κ2) is 5.83. The van der Waals surface area contributed by atoms with Crippen LogP contribution in [-0.4, -0.2) is 12.9 Å². The Morgan fingerprint density at radius 2 is 1.68 bits per heavy atom. The Hall–Kier alpha value is -1.22. The lowest BCUT2D eigenvalue weighted by atomic mass is 10.0. The molecule has 0 N–H and O–H groups in total. The first-order valence-electron chi connectivity index (χ1n) is 5.37. The number of ketones is 1. The molecule has 0 aliphatic rings. The summed E-state index contributed by atoms with van der Waals surface area (Å²) >= 11 is 18.0. The molecule has 2 nitrogen and oxygen atoms in total. The molecule has 0 bridgehead atoms. The SMILES string of the molecule is COc1cc(Cl)c(Cl)c(Cl)c1C(=O)c1ccccc1. The maximum absolute atomic E-state index is 12.4. The van der Waals surface area contributed by atoms with E-state index >= 15 is 0 Å². The number of carbonyl (C=O) groups is 1. The number of hydrogen-bond acceptors (Lipinski definition) is 2. The lowest BCUT2D eigenvalue weighted by molar-refractivity contribution is 0.103. The molecule has 19 heavy (non-hydrogen) atoms. The molecule has 0 atom stereocenters. The van der Waals surface area contributed by atoms with Crippen LogP contribution in [0.3, 0.4) is 0 Å². The van der Waals surface area contributed by atoms with E-state index in [1.165, 1.54) is 13.2 Å². The minimum atomic E-state index is -0.263. The van der Waals surface area contributed by atoms with Crippen molar-refractivity contribution < 1.29 is 9.53 Å². The van der Waals surface area contributed by atoms with Gasteiger partial charge in [0, 0.05) is 11.6 Å². The second-order valence-electron chi connectivity index (χ2n) is 3.76. The lowest BCUT2D eigenvalue weighted by Gasteiger charge is -2.12. The highest BCUT2D eigenvalue weighted by Crippen LogP contribution is 2.39. The van der Waals surface area contributed by atoms with Crippen molar-refractivity contribution in [3.8, 4) is 5.75 Å². The highest BCUT2D eigenvalue weighted by Gasteiger charge is 2.22. The van der Waals surface area contributed by atoms with E-state index in [-0.39, 0.29) is 26.4 Å². The zero-order chi connectivity index (χ0) is 14.0. The van der Waals surface area contributed by atoms with Gasteiger partial charge in [0.25, 0.3) is 0 Å². The fourth-order valence-corrected chi connectivity index (χ4v) is 2.35. The number of carbonyl (C=O) groups excluding carboxylic acids is 1. The first kappa shape index (κ1) is 14.2. The number of ether oxygens (including phenoxy) is 1. The topological polar surface area (TPSA) is 26.3 Å². The molecule has 2 rings (SSSR count). The first-order valence-corrected chi connectivity index (χ1v) is 6.51. The molecule has 0 spiro atoms. The highest BCUT2D eigenvalue weighted by molar-refractivity contribution is 6.49. The van der Waals surface area contributed by atoms with Gasteiger partial charge in [-0.3, -0.25) is 4.79 Å². The summed E-state index contributed by atoms with van der Waals surface area (Å²) in [5.74, 6) is 0.0364. The van der Waals surface area contributed by atoms with E-state index in [2.05, 4.69) is 0 Å². The molecule has 0 unspecified atom stereocenters. The van der Waals surface area contributed by atoms with E-state index in [0.29, 0.717) is 11.3 Å². The summed E-state index contributed by atoms with van der Waals surface area (Å²) < 4.78 is 5.16. The standard InChI is InChI=1S/C14H9Cl3O2/c1-19-10-7-9(15)12(16)13(17)11(10)14(18)8-5-3-2-4-6-8/h2-7H,1H3. The number of rotatable bonds is 3. The minimum absolute atomic E-state index is 0.0971. The van der Waals surface area contributed by atoms with Crippen LogP contribution in [-0.2, 0) is 0 Å². The number of methoxy groups -OCH3 is 1. The molecule has 2 aromatic rings. The smallest absolute Gasteiger partial charge is 0.198 e. The van der Waals surface area contributed by atoms with E-state index < -0.39 is 0 Å². The molecule has 0 saturated carbocycles. The molecule has 0 radical (unpaired) electrons. The van der Waals surface area contributed by atoms with Crippen LogP contribution < -0.4 is 4.74 Å². The van der Waals surface area contributed by atoms with Gasteiger partial charge in [0.05, 0.1) is 27.7 Å². The molecular weight excluding hydrogens is 307 g/mol. The van der Waals surface area contributed by atoms with Crippen molar-refractivity contribution in [1.82, 2.24) is 0 Å². The first-order chi connectivity index (χ1) is 9.06. The molecule has 0 saturated heterocycles. The summed E-state index contributed by atoms with van der Waals surface area (Å²) in [6.45, 7) is 0. The van der Waals surface area contributed by atoms with Crippen LogP contribution in [0.4, 0.5) is 0 Å². The van der Waals surface area contributed by atoms with Crippen molar-refractivity contribution >= 4 is 40.6 Å². The fraction of sp³-hybridized carbons (Fsp3) is 0.0714. The zero-order valence-corrected chi connectivity index (χ0v) is 12.2. The Labute approximate surface area is 125 Å². The Balaban J connectivity index is 2.62. The van der Waals surface area contributed by atoms with Gasteiger partial charge in [0.15, 0.2) is 5.78 Å². The van der Waals surface area contributed by atoms with Crippen LogP contribution in [0.15, 0.2) is 36.4 Å². The van der Waals surface area contributed by atoms with Crippen molar-refractivity contribution in [1.29, 1.82) is 0 Å². The van der Waals surface area contributed by atoms with Gasteiger partial charge in [-0.05, 0) is 0 Å². The number of benzene rings is 2. The summed E-state index contributed by atoms with van der Waals surface area (Å²) in [6.07, 6.45) is 0. The number of halogens is 3. The van der Waals surface area contributed by atoms with Crippen molar-refractivity contribution in [2.45, 2.75) is 0 Å². The average molecular weight is 316 g/mol. The normalized spacial score (nSPS) is 10.3. The summed E-state index contributed by atoms with van der Waals surface area (Å²) in [4.78, 5) is 12.4. The predicted octanol–water partition coefficient (Wildman–Crippen LogP) is 4.89. The van der Waals surface area contributed by atoms with Crippen molar-refractivity contribution in [3.05, 3.63) is 62.6 Å². The second-order valence-corrected chi connectivity index (χ2v) is 4.92. The zero-order valence-electron chi connectivity index (χ0n) is 9.91. The summed E-state index contributed by atoms with van der Waals surface area (Å²) in [5, 5.41) is 0.483. The van der Waals surface area contributed by atoms with Crippen LogP contribution in [0.2, 0.25) is 15.1 Å². The van der Waals surface area contributed by atoms with Crippen LogP contribution >= 0.6 is 34.8 Å². The monoisotopic (exact) mass is 314 g/mol. The lowest BCUT2D eigenvalue weighted by Crippen LogP contribution is -2.05. The average Bonchev–Trinajstić information content (AvgIpc) is 2.44. The molecule has 0 fully saturated rings. The summed E-state index contributed by atoms with van der Waals surface area (Å²) in [5.41, 5.74) is 0.714. The summed E-state index contributed by atoms with van der Waals surface area (Å²) in [7, 11) is 1.44. The molecule has 0 amide bonds. The maximum Gasteiger partial charge on any atom is 0.198 e. The molecular formula is C14H9Cl3O2. The summed E-state index contributed by atoms with van der Waals surface area (Å²) in [6, 6.07) is 10.2. The van der Waals surface area contributed by atoms with Gasteiger partial charge in [0.2, 0.25) is 0 Å². The van der Waals surface area contributed by atoms with E-state index in [4.69, 9.17) is 39.5 Å². The third-order valence-corrected chi connectivity index (χ3v) is 3.87. The van der Waals surface area contributed by atoms with Gasteiger partial charge < -0.3 is 4.74 Å². The molecule has 5 heteroatoms. The molecule has 0 aliphatic carbocycles. The van der Waals surface area contributed by atoms with Crippen LogP contribution in [0, 0.1) is 0 Å². The molecule has 0 aliphatic heterocycles. The van der Waals surface area contributed by atoms with Crippen molar-refractivity contribution in [3.63, 3.8) is 0 Å². The van der Waals surface area contributed by atoms with Gasteiger partial charge >= 0.3 is 0 Å². The quantitative estimate of drug-likeness (QED) is 0.595. The fourth-order valence-electron chi connectivity index (χ4n) is 1.68. The molecule has 0 heterocycles. The highest BCUT2D eigenvalue weighted by atomic mass is 35.5. The van der Waals surface area contributed by atoms with Crippen molar-refractivity contribution in [2.24, 2.45) is 0 Å². The van der Waals surface area contributed by atoms with Gasteiger partial charge in [-0.25, -0.2) is 0 Å². The molecule has 98 valence electrons. The minimum Gasteiger partial charge on any atom is -0.496 e. The third-order valence-electron chi connectivity index (χ3n) is 2.61. The predicted molar refractivity (Wildman–Crippen MR) is 77.9 cm³/mol.